The summed E-state index contributed by atoms with van der Waals surface area (Å²) in [6.07, 6.45) is 5.78. The average Bonchev–Trinajstić information content (AvgIpc) is 3.29. The van der Waals surface area contributed by atoms with Crippen LogP contribution in [0.4, 0.5) is 5.95 Å². The summed E-state index contributed by atoms with van der Waals surface area (Å²) in [5.41, 5.74) is 11.0. The van der Waals surface area contributed by atoms with Crippen molar-refractivity contribution in [2.45, 2.75) is 19.3 Å². The van der Waals surface area contributed by atoms with E-state index in [1.165, 1.54) is 0 Å². The van der Waals surface area contributed by atoms with Crippen molar-refractivity contribution in [1.29, 1.82) is 0 Å². The lowest BCUT2D eigenvalue weighted by atomic mass is 9.93. The SMILES string of the molecule is CN(C)CCN=CCC(N)=Nc1ncc2c(n1)-c1c(nn(C)c1-c1sccc1Cl)CC2. The van der Waals surface area contributed by atoms with E-state index in [9.17, 15) is 0 Å². The topological polar surface area (TPSA) is 97.6 Å². The van der Waals surface area contributed by atoms with Gasteiger partial charge in [-0.1, -0.05) is 11.6 Å². The first-order valence-electron chi connectivity index (χ1n) is 10.1. The number of likely N-dealkylation sites (N-methyl/N-ethyl adjacent to an activating group) is 1. The highest BCUT2D eigenvalue weighted by Gasteiger charge is 2.28. The van der Waals surface area contributed by atoms with Gasteiger partial charge in [0.25, 0.3) is 5.95 Å². The molecule has 0 spiro atoms. The van der Waals surface area contributed by atoms with E-state index in [1.54, 1.807) is 17.6 Å². The molecule has 0 aliphatic heterocycles. The number of rotatable bonds is 7. The van der Waals surface area contributed by atoms with E-state index in [4.69, 9.17) is 27.4 Å². The number of halogens is 1. The minimum absolute atomic E-state index is 0.345. The van der Waals surface area contributed by atoms with Crippen LogP contribution in [-0.2, 0) is 19.9 Å². The summed E-state index contributed by atoms with van der Waals surface area (Å²) in [7, 11) is 5.98. The molecule has 1 aliphatic carbocycles. The molecule has 8 nitrogen and oxygen atoms in total. The van der Waals surface area contributed by atoms with E-state index in [1.807, 2.05) is 43.5 Å². The molecule has 2 N–H and O–H groups in total. The molecule has 0 unspecified atom stereocenters. The molecule has 31 heavy (non-hydrogen) atoms. The number of hydrogen-bond donors (Lipinski definition) is 1. The largest absolute Gasteiger partial charge is 0.387 e. The van der Waals surface area contributed by atoms with E-state index in [2.05, 4.69) is 19.9 Å². The summed E-state index contributed by atoms with van der Waals surface area (Å²) < 4.78 is 1.89. The van der Waals surface area contributed by atoms with Crippen LogP contribution < -0.4 is 5.73 Å². The van der Waals surface area contributed by atoms with Crippen LogP contribution in [0.5, 0.6) is 0 Å². The summed E-state index contributed by atoms with van der Waals surface area (Å²) in [5, 5.41) is 7.43. The van der Waals surface area contributed by atoms with Gasteiger partial charge < -0.3 is 10.6 Å². The molecule has 3 aromatic rings. The summed E-state index contributed by atoms with van der Waals surface area (Å²) in [4.78, 5) is 21.0. The Morgan fingerprint density at radius 1 is 1.39 bits per heavy atom. The first-order valence-corrected chi connectivity index (χ1v) is 11.3. The third-order valence-electron chi connectivity index (χ3n) is 5.02. The second-order valence-corrected chi connectivity index (χ2v) is 8.96. The predicted molar refractivity (Wildman–Crippen MR) is 128 cm³/mol. The molecule has 0 radical (unpaired) electrons. The maximum Gasteiger partial charge on any atom is 0.251 e. The fraction of sp³-hybridized carbons (Fsp3) is 0.381. The Kier molecular flexibility index (Phi) is 6.45. The van der Waals surface area contributed by atoms with Crippen molar-refractivity contribution in [3.8, 4) is 21.8 Å². The van der Waals surface area contributed by atoms with Crippen molar-refractivity contribution < 1.29 is 0 Å². The van der Waals surface area contributed by atoms with Crippen molar-refractivity contribution in [2.75, 3.05) is 27.2 Å². The molecule has 0 saturated heterocycles. The quantitative estimate of drug-likeness (QED) is 0.434. The van der Waals surface area contributed by atoms with Gasteiger partial charge in [-0.25, -0.2) is 9.97 Å². The summed E-state index contributed by atoms with van der Waals surface area (Å²) >= 11 is 8.04. The van der Waals surface area contributed by atoms with Crippen LogP contribution in [0, 0.1) is 0 Å². The molecular weight excluding hydrogens is 432 g/mol. The van der Waals surface area contributed by atoms with Gasteiger partial charge in [-0.15, -0.1) is 11.3 Å². The van der Waals surface area contributed by atoms with Crippen molar-refractivity contribution in [3.05, 3.63) is 33.9 Å². The zero-order chi connectivity index (χ0) is 22.0. The fourth-order valence-electron chi connectivity index (χ4n) is 3.51. The first-order chi connectivity index (χ1) is 14.9. The third-order valence-corrected chi connectivity index (χ3v) is 6.37. The van der Waals surface area contributed by atoms with Gasteiger partial charge in [0.05, 0.1) is 39.1 Å². The number of aliphatic imine (C=N–C) groups is 2. The smallest absolute Gasteiger partial charge is 0.251 e. The fourth-order valence-corrected chi connectivity index (χ4v) is 4.74. The normalized spacial score (nSPS) is 13.8. The minimum Gasteiger partial charge on any atom is -0.387 e. The summed E-state index contributed by atoms with van der Waals surface area (Å²) in [6, 6.07) is 1.90. The van der Waals surface area contributed by atoms with E-state index in [0.29, 0.717) is 23.2 Å². The lowest BCUT2D eigenvalue weighted by Crippen LogP contribution is -2.16. The second-order valence-electron chi connectivity index (χ2n) is 7.63. The second kappa shape index (κ2) is 9.25. The predicted octanol–water partition coefficient (Wildman–Crippen LogP) is 3.37. The van der Waals surface area contributed by atoms with Gasteiger partial charge in [0, 0.05) is 32.4 Å². The molecule has 4 rings (SSSR count). The van der Waals surface area contributed by atoms with Gasteiger partial charge in [-0.05, 0) is 43.9 Å². The summed E-state index contributed by atoms with van der Waals surface area (Å²) in [5.74, 6) is 0.773. The molecule has 3 aromatic heterocycles. The number of fused-ring (bicyclic) bond motifs is 3. The molecule has 162 valence electrons. The van der Waals surface area contributed by atoms with E-state index >= 15 is 0 Å². The number of thiophene rings is 1. The molecular formula is C21H25ClN8S. The number of amidine groups is 1. The number of aromatic nitrogens is 4. The molecule has 10 heteroatoms. The van der Waals surface area contributed by atoms with Gasteiger partial charge in [0.1, 0.15) is 5.84 Å². The molecule has 0 fully saturated rings. The Hall–Kier alpha value is -2.62. The monoisotopic (exact) mass is 456 g/mol. The van der Waals surface area contributed by atoms with Crippen LogP contribution in [0.3, 0.4) is 0 Å². The molecule has 0 atom stereocenters. The van der Waals surface area contributed by atoms with Crippen molar-refractivity contribution >= 4 is 40.9 Å². The number of nitrogens with zero attached hydrogens (tertiary/aromatic N) is 7. The van der Waals surface area contributed by atoms with Gasteiger partial charge in [-0.2, -0.15) is 10.1 Å². The zero-order valence-corrected chi connectivity index (χ0v) is 19.4. The minimum atomic E-state index is 0.345. The van der Waals surface area contributed by atoms with Gasteiger partial charge in [-0.3, -0.25) is 9.67 Å². The molecule has 0 aromatic carbocycles. The Morgan fingerprint density at radius 2 is 2.23 bits per heavy atom. The Balaban J connectivity index is 1.63. The Labute approximate surface area is 190 Å². The van der Waals surface area contributed by atoms with Gasteiger partial charge in [0.15, 0.2) is 0 Å². The lowest BCUT2D eigenvalue weighted by molar-refractivity contribution is 0.421. The molecule has 1 aliphatic rings. The van der Waals surface area contributed by atoms with Crippen LogP contribution in [0.1, 0.15) is 17.7 Å². The highest BCUT2D eigenvalue weighted by molar-refractivity contribution is 7.14. The third kappa shape index (κ3) is 4.68. The molecule has 0 saturated carbocycles. The maximum absolute atomic E-state index is 6.44. The highest BCUT2D eigenvalue weighted by Crippen LogP contribution is 2.43. The number of aryl methyl sites for hydroxylation is 3. The van der Waals surface area contributed by atoms with E-state index in [-0.39, 0.29) is 0 Å². The zero-order valence-electron chi connectivity index (χ0n) is 17.8. The van der Waals surface area contributed by atoms with Crippen LogP contribution >= 0.6 is 22.9 Å². The van der Waals surface area contributed by atoms with E-state index < -0.39 is 0 Å². The summed E-state index contributed by atoms with van der Waals surface area (Å²) in [6.45, 7) is 1.62. The average molecular weight is 457 g/mol. The molecule has 0 amide bonds. The highest BCUT2D eigenvalue weighted by atomic mass is 35.5. The number of nitrogens with two attached hydrogens (primary N) is 1. The van der Waals surface area contributed by atoms with Crippen molar-refractivity contribution in [3.63, 3.8) is 0 Å². The van der Waals surface area contributed by atoms with Gasteiger partial charge in [0.2, 0.25) is 0 Å². The van der Waals surface area contributed by atoms with Crippen LogP contribution in [-0.4, -0.2) is 63.9 Å². The molecule has 0 bridgehead atoms. The van der Waals surface area contributed by atoms with Crippen LogP contribution in [0.2, 0.25) is 5.02 Å². The Bertz CT molecular complexity index is 1140. The molecule has 3 heterocycles. The van der Waals surface area contributed by atoms with E-state index in [0.717, 1.165) is 59.0 Å². The van der Waals surface area contributed by atoms with Crippen molar-refractivity contribution in [1.82, 2.24) is 24.6 Å². The van der Waals surface area contributed by atoms with Crippen molar-refractivity contribution in [2.24, 2.45) is 22.8 Å². The Morgan fingerprint density at radius 3 is 2.97 bits per heavy atom. The first kappa shape index (κ1) is 21.6. The van der Waals surface area contributed by atoms with Gasteiger partial charge >= 0.3 is 0 Å². The standard InChI is InChI=1S/C21H25ClN8S/c1-29(2)10-9-24-8-6-16(23)26-21-25-12-13-4-5-15-17(18(13)27-21)19(30(3)28-15)20-14(22)7-11-31-20/h7-8,11-12H,4-6,9-10H2,1-3H3,(H2,23,25,26,27). The lowest BCUT2D eigenvalue weighted by Gasteiger charge is -2.15. The number of hydrogen-bond acceptors (Lipinski definition) is 7. The van der Waals surface area contributed by atoms with Crippen LogP contribution in [0.25, 0.3) is 21.8 Å². The van der Waals surface area contributed by atoms with Crippen LogP contribution in [0.15, 0.2) is 27.6 Å². The maximum atomic E-state index is 6.44.